The van der Waals surface area contributed by atoms with Crippen LogP contribution in [-0.4, -0.2) is 52.5 Å². The molecule has 1 aromatic heterocycles. The summed E-state index contributed by atoms with van der Waals surface area (Å²) in [5.74, 6) is 1.57. The fourth-order valence-corrected chi connectivity index (χ4v) is 3.07. The Kier molecular flexibility index (Phi) is 6.86. The molecule has 1 saturated heterocycles. The summed E-state index contributed by atoms with van der Waals surface area (Å²) in [4.78, 5) is 20.8. The van der Waals surface area contributed by atoms with E-state index < -0.39 is 44.9 Å². The molecule has 10 nitrogen and oxygen atoms in total. The monoisotopic (exact) mass is 387 g/mol. The maximum atomic E-state index is 11.7. The molecule has 1 aromatic rings. The Morgan fingerprint density at radius 1 is 1.42 bits per heavy atom. The summed E-state index contributed by atoms with van der Waals surface area (Å²) >= 11 is 0. The molecule has 11 heteroatoms. The summed E-state index contributed by atoms with van der Waals surface area (Å²) in [7, 11) is -4.37. The van der Waals surface area contributed by atoms with Gasteiger partial charge in [-0.1, -0.05) is 0 Å². The van der Waals surface area contributed by atoms with E-state index in [0.717, 1.165) is 0 Å². The lowest BCUT2D eigenvalue weighted by atomic mass is 10.1. The summed E-state index contributed by atoms with van der Waals surface area (Å²) in [6.07, 6.45) is 3.10. The van der Waals surface area contributed by atoms with E-state index in [2.05, 4.69) is 10.4 Å². The lowest BCUT2D eigenvalue weighted by molar-refractivity contribution is -0.765. The number of carbonyl (C=O) groups is 1. The normalized spacial score (nSPS) is 27.6. The van der Waals surface area contributed by atoms with Crippen LogP contribution in [0, 0.1) is 12.3 Å². The molecule has 2 rings (SSSR count). The van der Waals surface area contributed by atoms with Crippen LogP contribution in [0.5, 0.6) is 0 Å². The van der Waals surface area contributed by atoms with E-state index in [1.54, 1.807) is 0 Å². The van der Waals surface area contributed by atoms with E-state index >= 15 is 0 Å². The molecule has 1 unspecified atom stereocenters. The van der Waals surface area contributed by atoms with Crippen molar-refractivity contribution < 1.29 is 42.8 Å². The second-order valence-electron chi connectivity index (χ2n) is 5.50. The van der Waals surface area contributed by atoms with Gasteiger partial charge in [-0.25, -0.2) is 4.57 Å². The molecule has 0 radical (unpaired) electrons. The highest BCUT2D eigenvalue weighted by Gasteiger charge is 2.49. The summed E-state index contributed by atoms with van der Waals surface area (Å²) in [6.45, 7) is -0.673. The van der Waals surface area contributed by atoms with Crippen molar-refractivity contribution in [2.24, 2.45) is 5.73 Å². The molecule has 0 aromatic carbocycles. The quantitative estimate of drug-likeness (QED) is 0.189. The van der Waals surface area contributed by atoms with Crippen LogP contribution in [0.4, 0.5) is 0 Å². The molecule has 5 N–H and O–H groups in total. The highest BCUT2D eigenvalue weighted by molar-refractivity contribution is 7.47. The van der Waals surface area contributed by atoms with Crippen LogP contribution in [-0.2, 0) is 18.3 Å². The number of nitrogens with two attached hydrogens (primary N) is 1. The maximum absolute atomic E-state index is 11.7. The number of amides is 1. The Balaban J connectivity index is 2.01. The number of aromatic nitrogens is 1. The van der Waals surface area contributed by atoms with E-state index in [9.17, 15) is 24.5 Å². The number of hydrogen-bond donors (Lipinski definition) is 4. The van der Waals surface area contributed by atoms with Crippen molar-refractivity contribution in [2.45, 2.75) is 31.0 Å². The second kappa shape index (κ2) is 8.70. The fraction of sp³-hybridized carbons (Fsp3) is 0.467. The van der Waals surface area contributed by atoms with Crippen LogP contribution in [0.3, 0.4) is 0 Å². The number of nitrogens with zero attached hydrogens (tertiary/aromatic N) is 1. The number of terminal acetylenes is 1. The van der Waals surface area contributed by atoms with Crippen molar-refractivity contribution in [1.82, 2.24) is 0 Å². The van der Waals surface area contributed by atoms with E-state index in [4.69, 9.17) is 21.4 Å². The molecule has 1 aliphatic heterocycles. The topological polar surface area (TPSA) is 152 Å². The van der Waals surface area contributed by atoms with Crippen LogP contribution >= 0.6 is 7.82 Å². The van der Waals surface area contributed by atoms with Gasteiger partial charge in [0.05, 0.1) is 13.2 Å². The average Bonchev–Trinajstić information content (AvgIpc) is 2.88. The first-order chi connectivity index (χ1) is 12.2. The third-order valence-electron chi connectivity index (χ3n) is 3.64. The predicted molar refractivity (Wildman–Crippen MR) is 86.3 cm³/mol. The number of primary amides is 1. The van der Waals surface area contributed by atoms with E-state index in [0.29, 0.717) is 0 Å². The number of ether oxygens (including phenoxy) is 1. The van der Waals surface area contributed by atoms with Gasteiger partial charge < -0.3 is 25.6 Å². The molecular formula is C15H20N2O8P+. The first-order valence-electron chi connectivity index (χ1n) is 7.62. The summed E-state index contributed by atoms with van der Waals surface area (Å²) in [5, 5.41) is 20.2. The molecule has 0 spiro atoms. The average molecular weight is 387 g/mol. The Hall–Kier alpha value is -1.83. The maximum Gasteiger partial charge on any atom is 0.472 e. The van der Waals surface area contributed by atoms with Crippen molar-refractivity contribution in [3.63, 3.8) is 0 Å². The van der Waals surface area contributed by atoms with Crippen LogP contribution in [0.15, 0.2) is 24.5 Å². The van der Waals surface area contributed by atoms with E-state index in [-0.39, 0.29) is 18.6 Å². The molecule has 0 aliphatic carbocycles. The Bertz CT molecular complexity index is 737. The van der Waals surface area contributed by atoms with Crippen molar-refractivity contribution >= 4 is 13.7 Å². The molecule has 0 bridgehead atoms. The van der Waals surface area contributed by atoms with Gasteiger partial charge in [-0.2, -0.15) is 4.57 Å². The Morgan fingerprint density at radius 2 is 2.15 bits per heavy atom. The zero-order valence-corrected chi connectivity index (χ0v) is 14.6. The fourth-order valence-electron chi connectivity index (χ4n) is 2.33. The Morgan fingerprint density at radius 3 is 2.81 bits per heavy atom. The highest BCUT2D eigenvalue weighted by Crippen LogP contribution is 2.44. The lowest BCUT2D eigenvalue weighted by Crippen LogP contribution is -2.46. The van der Waals surface area contributed by atoms with Gasteiger partial charge in [0.15, 0.2) is 18.5 Å². The van der Waals surface area contributed by atoms with Gasteiger partial charge in [0.2, 0.25) is 0 Å². The number of hydrogen-bond acceptors (Lipinski definition) is 7. The first kappa shape index (κ1) is 20.5. The Labute approximate surface area is 149 Å². The number of carbonyl (C=O) groups excluding carboxylic acids is 1. The van der Waals surface area contributed by atoms with Crippen LogP contribution < -0.4 is 10.3 Å². The number of phosphoric ester groups is 1. The van der Waals surface area contributed by atoms with Gasteiger partial charge in [-0.15, -0.1) is 12.3 Å². The minimum atomic E-state index is -4.37. The van der Waals surface area contributed by atoms with Crippen LogP contribution in [0.2, 0.25) is 0 Å². The minimum absolute atomic E-state index is 0.129. The highest BCUT2D eigenvalue weighted by atomic mass is 31.2. The number of pyridine rings is 1. The third-order valence-corrected chi connectivity index (χ3v) is 4.62. The molecule has 0 saturated carbocycles. The van der Waals surface area contributed by atoms with Gasteiger partial charge in [0.1, 0.15) is 17.8 Å². The molecule has 5 atom stereocenters. The van der Waals surface area contributed by atoms with Gasteiger partial charge >= 0.3 is 7.82 Å². The number of aliphatic hydroxyl groups is 2. The van der Waals surface area contributed by atoms with Gasteiger partial charge in [-0.3, -0.25) is 13.8 Å². The molecule has 2 heterocycles. The van der Waals surface area contributed by atoms with E-state index in [1.807, 2.05) is 0 Å². The number of phosphoric acid groups is 1. The molecule has 26 heavy (non-hydrogen) atoms. The number of rotatable bonds is 8. The van der Waals surface area contributed by atoms with Crippen molar-refractivity contribution in [1.29, 1.82) is 0 Å². The van der Waals surface area contributed by atoms with Crippen molar-refractivity contribution in [2.75, 3.05) is 13.2 Å². The van der Waals surface area contributed by atoms with E-state index in [1.165, 1.54) is 29.1 Å². The van der Waals surface area contributed by atoms with Crippen molar-refractivity contribution in [3.8, 4) is 12.3 Å². The second-order valence-corrected chi connectivity index (χ2v) is 6.96. The van der Waals surface area contributed by atoms with Gasteiger partial charge in [0, 0.05) is 12.5 Å². The molecular weight excluding hydrogens is 367 g/mol. The summed E-state index contributed by atoms with van der Waals surface area (Å²) in [6, 6.07) is 3.00. The molecule has 1 aliphatic rings. The zero-order chi connectivity index (χ0) is 19.3. The van der Waals surface area contributed by atoms with Crippen molar-refractivity contribution in [3.05, 3.63) is 30.1 Å². The third kappa shape index (κ3) is 5.09. The molecule has 1 amide bonds. The van der Waals surface area contributed by atoms with Gasteiger partial charge in [-0.05, 0) is 6.07 Å². The first-order valence-corrected chi connectivity index (χ1v) is 9.12. The van der Waals surface area contributed by atoms with Crippen LogP contribution in [0.1, 0.15) is 23.0 Å². The van der Waals surface area contributed by atoms with Gasteiger partial charge in [0.25, 0.3) is 12.1 Å². The summed E-state index contributed by atoms with van der Waals surface area (Å²) < 4.78 is 27.9. The largest absolute Gasteiger partial charge is 0.472 e. The zero-order valence-electron chi connectivity index (χ0n) is 13.7. The summed E-state index contributed by atoms with van der Waals surface area (Å²) in [5.41, 5.74) is 5.39. The standard InChI is InChI=1S/C15H19N2O8P/c1-2-3-7-23-26(21,22)24-9-11-12(18)13(19)15(25-11)17-6-4-5-10(8-17)14(16)20/h1,4-6,8,11-13,15,18-19H,3,7,9H2,(H2-,16,20,21,22)/p+1/t11-,12-,13-,15-/m1/s1. The smallest absolute Gasteiger partial charge is 0.387 e. The minimum Gasteiger partial charge on any atom is -0.387 e. The SMILES string of the molecule is C#CCCOP(=O)(O)OC[C@H]1O[C@@H]([n+]2cccc(C(N)=O)c2)[C@H](O)[C@@H]1O. The molecule has 1 fully saturated rings. The number of aliphatic hydroxyl groups excluding tert-OH is 2. The lowest BCUT2D eigenvalue weighted by Gasteiger charge is -2.16. The van der Waals surface area contributed by atoms with Crippen LogP contribution in [0.25, 0.3) is 0 Å². The molecule has 142 valence electrons. The predicted octanol–water partition coefficient (Wildman–Crippen LogP) is -1.15.